The molecule has 57 heavy (non-hydrogen) atoms. The van der Waals surface area contributed by atoms with Gasteiger partial charge in [-0.1, -0.05) is 127 Å². The zero-order valence-electron chi connectivity index (χ0n) is 30.3. The van der Waals surface area contributed by atoms with Gasteiger partial charge in [0.2, 0.25) is 0 Å². The van der Waals surface area contributed by atoms with Crippen LogP contribution in [-0.2, 0) is 0 Å². The van der Waals surface area contributed by atoms with Crippen LogP contribution in [0.2, 0.25) is 0 Å². The number of benzene rings is 8. The average molecular weight is 764 g/mol. The maximum absolute atomic E-state index is 6.94. The van der Waals surface area contributed by atoms with Gasteiger partial charge < -0.3 is 4.42 Å². The SMILES string of the molecule is c1ccc(-c2nc(-c3ccccc3)nc(-c3ccc4c(c3)oc3c(-c5ccc6c(c5)sc5ccccc56)cc(-c5ccc6c(c5)sc5ccccc56)cc34)n2)cc1. The van der Waals surface area contributed by atoms with Crippen molar-refractivity contribution in [3.63, 3.8) is 0 Å². The van der Waals surface area contributed by atoms with E-state index in [2.05, 4.69) is 115 Å². The molecule has 0 amide bonds. The normalized spacial score (nSPS) is 11.9. The summed E-state index contributed by atoms with van der Waals surface area (Å²) in [6.45, 7) is 0. The van der Waals surface area contributed by atoms with Gasteiger partial charge in [-0.15, -0.1) is 22.7 Å². The molecule has 0 aliphatic heterocycles. The monoisotopic (exact) mass is 763 g/mol. The van der Waals surface area contributed by atoms with Crippen molar-refractivity contribution in [1.82, 2.24) is 15.0 Å². The highest BCUT2D eigenvalue weighted by molar-refractivity contribution is 7.26. The molecule has 0 atom stereocenters. The van der Waals surface area contributed by atoms with Gasteiger partial charge in [0.1, 0.15) is 11.2 Å². The third-order valence-corrected chi connectivity index (χ3v) is 13.2. The van der Waals surface area contributed by atoms with Gasteiger partial charge >= 0.3 is 0 Å². The molecule has 266 valence electrons. The molecule has 6 heteroatoms. The van der Waals surface area contributed by atoms with E-state index in [0.717, 1.165) is 55.3 Å². The van der Waals surface area contributed by atoms with Gasteiger partial charge in [-0.2, -0.15) is 0 Å². The molecule has 4 nitrogen and oxygen atoms in total. The topological polar surface area (TPSA) is 51.8 Å². The minimum atomic E-state index is 0.595. The Kier molecular flexibility index (Phi) is 7.24. The second-order valence-corrected chi connectivity index (χ2v) is 16.5. The smallest absolute Gasteiger partial charge is 0.164 e. The van der Waals surface area contributed by atoms with Crippen molar-refractivity contribution >= 4 is 85.0 Å². The summed E-state index contributed by atoms with van der Waals surface area (Å²) >= 11 is 3.68. The maximum atomic E-state index is 6.94. The van der Waals surface area contributed by atoms with Gasteiger partial charge in [-0.05, 0) is 65.2 Å². The average Bonchev–Trinajstić information content (AvgIpc) is 3.97. The summed E-state index contributed by atoms with van der Waals surface area (Å²) in [7, 11) is 0. The Bertz CT molecular complexity index is 3470. The zero-order valence-corrected chi connectivity index (χ0v) is 31.9. The Labute approximate surface area is 335 Å². The fraction of sp³-hybridized carbons (Fsp3) is 0. The minimum Gasteiger partial charge on any atom is -0.455 e. The van der Waals surface area contributed by atoms with Crippen LogP contribution < -0.4 is 0 Å². The number of nitrogens with zero attached hydrogens (tertiary/aromatic N) is 3. The number of rotatable bonds is 5. The van der Waals surface area contributed by atoms with Crippen LogP contribution in [0.4, 0.5) is 0 Å². The van der Waals surface area contributed by atoms with Crippen molar-refractivity contribution in [2.75, 3.05) is 0 Å². The van der Waals surface area contributed by atoms with E-state index in [1.165, 1.54) is 45.9 Å². The Morgan fingerprint density at radius 3 is 1.44 bits per heavy atom. The quantitative estimate of drug-likeness (QED) is 0.175. The number of thiophene rings is 2. The van der Waals surface area contributed by atoms with Gasteiger partial charge in [-0.25, -0.2) is 15.0 Å². The summed E-state index contributed by atoms with van der Waals surface area (Å²) in [6, 6.07) is 62.1. The van der Waals surface area contributed by atoms with Crippen LogP contribution in [0.25, 0.3) is 119 Å². The second-order valence-electron chi connectivity index (χ2n) is 14.4. The van der Waals surface area contributed by atoms with Gasteiger partial charge in [0.15, 0.2) is 17.5 Å². The van der Waals surface area contributed by atoms with Crippen molar-refractivity contribution in [2.24, 2.45) is 0 Å². The molecule has 0 fully saturated rings. The van der Waals surface area contributed by atoms with Crippen LogP contribution in [0.1, 0.15) is 0 Å². The standard InChI is InChI=1S/C51H29N3OS2/c1-3-11-30(12-4-1)49-52-50(31-13-5-2-6-14-31)54-51(53-49)34-21-22-36-42-26-35(32-19-23-39-37-15-7-9-17-44(37)56-46(39)28-32)25-41(48(42)55-43(36)27-34)33-20-24-40-38-16-8-10-18-45(38)57-47(40)29-33/h1-29H. The minimum absolute atomic E-state index is 0.595. The third-order valence-electron chi connectivity index (χ3n) is 10.9. The molecule has 0 saturated heterocycles. The predicted octanol–water partition coefficient (Wildman–Crippen LogP) is 14.8. The van der Waals surface area contributed by atoms with Crippen molar-refractivity contribution in [3.8, 4) is 56.4 Å². The summed E-state index contributed by atoms with van der Waals surface area (Å²) in [5.41, 5.74) is 8.90. The molecule has 0 unspecified atom stereocenters. The first-order valence-electron chi connectivity index (χ1n) is 18.9. The van der Waals surface area contributed by atoms with Crippen LogP contribution in [0.3, 0.4) is 0 Å². The first-order chi connectivity index (χ1) is 28.2. The van der Waals surface area contributed by atoms with Gasteiger partial charge in [0.25, 0.3) is 0 Å². The molecule has 0 bridgehead atoms. The highest BCUT2D eigenvalue weighted by atomic mass is 32.1. The molecule has 0 radical (unpaired) electrons. The predicted molar refractivity (Wildman–Crippen MR) is 240 cm³/mol. The first kappa shape index (κ1) is 32.3. The van der Waals surface area contributed by atoms with Gasteiger partial charge in [0.05, 0.1) is 0 Å². The molecular formula is C51H29N3OS2. The van der Waals surface area contributed by atoms with E-state index in [1.54, 1.807) is 0 Å². The van der Waals surface area contributed by atoms with Crippen molar-refractivity contribution in [2.45, 2.75) is 0 Å². The Morgan fingerprint density at radius 2 is 0.807 bits per heavy atom. The number of furan rings is 1. The van der Waals surface area contributed by atoms with Crippen molar-refractivity contribution < 1.29 is 4.42 Å². The van der Waals surface area contributed by atoms with Gasteiger partial charge in [0, 0.05) is 73.4 Å². The Morgan fingerprint density at radius 1 is 0.316 bits per heavy atom. The van der Waals surface area contributed by atoms with Crippen molar-refractivity contribution in [1.29, 1.82) is 0 Å². The van der Waals surface area contributed by atoms with E-state index in [9.17, 15) is 0 Å². The number of fused-ring (bicyclic) bond motifs is 9. The van der Waals surface area contributed by atoms with E-state index >= 15 is 0 Å². The summed E-state index contributed by atoms with van der Waals surface area (Å²) in [6.07, 6.45) is 0. The summed E-state index contributed by atoms with van der Waals surface area (Å²) < 4.78 is 12.1. The Hall–Kier alpha value is -6.99. The lowest BCUT2D eigenvalue weighted by molar-refractivity contribution is 0.670. The fourth-order valence-corrected chi connectivity index (χ4v) is 10.4. The molecule has 0 aliphatic rings. The number of aromatic nitrogens is 3. The molecule has 8 aromatic carbocycles. The Balaban J connectivity index is 1.06. The van der Waals surface area contributed by atoms with Gasteiger partial charge in [-0.3, -0.25) is 0 Å². The molecule has 0 aliphatic carbocycles. The summed E-state index contributed by atoms with van der Waals surface area (Å²) in [4.78, 5) is 14.9. The number of hydrogen-bond donors (Lipinski definition) is 0. The van der Waals surface area contributed by atoms with E-state index < -0.39 is 0 Å². The van der Waals surface area contributed by atoms with Crippen LogP contribution in [-0.4, -0.2) is 15.0 Å². The molecule has 4 heterocycles. The molecule has 0 N–H and O–H groups in total. The van der Waals surface area contributed by atoms with Crippen LogP contribution in [0, 0.1) is 0 Å². The van der Waals surface area contributed by atoms with Crippen LogP contribution >= 0.6 is 22.7 Å². The van der Waals surface area contributed by atoms with E-state index in [0.29, 0.717) is 17.5 Å². The van der Waals surface area contributed by atoms with Crippen LogP contribution in [0.5, 0.6) is 0 Å². The lowest BCUT2D eigenvalue weighted by atomic mass is 9.95. The molecule has 0 saturated carbocycles. The van der Waals surface area contributed by atoms with E-state index in [-0.39, 0.29) is 0 Å². The molecule has 12 aromatic rings. The van der Waals surface area contributed by atoms with E-state index in [4.69, 9.17) is 19.4 Å². The highest BCUT2D eigenvalue weighted by Gasteiger charge is 2.19. The second kappa shape index (κ2) is 12.8. The third kappa shape index (κ3) is 5.37. The summed E-state index contributed by atoms with van der Waals surface area (Å²) in [5.74, 6) is 1.85. The summed E-state index contributed by atoms with van der Waals surface area (Å²) in [5, 5.41) is 7.28. The highest BCUT2D eigenvalue weighted by Crippen LogP contribution is 2.44. The fourth-order valence-electron chi connectivity index (χ4n) is 8.13. The largest absolute Gasteiger partial charge is 0.455 e. The molecular weight excluding hydrogens is 735 g/mol. The zero-order chi connectivity index (χ0) is 37.5. The molecule has 0 spiro atoms. The maximum Gasteiger partial charge on any atom is 0.164 e. The van der Waals surface area contributed by atoms with Crippen molar-refractivity contribution in [3.05, 3.63) is 176 Å². The lowest BCUT2D eigenvalue weighted by Crippen LogP contribution is -2.00. The molecule has 4 aromatic heterocycles. The lowest BCUT2D eigenvalue weighted by Gasteiger charge is -2.09. The molecule has 12 rings (SSSR count). The first-order valence-corrected chi connectivity index (χ1v) is 20.5. The number of hydrogen-bond acceptors (Lipinski definition) is 6. The van der Waals surface area contributed by atoms with E-state index in [1.807, 2.05) is 83.3 Å². The van der Waals surface area contributed by atoms with Crippen LogP contribution in [0.15, 0.2) is 180 Å².